The standard InChI is InChI=1S/C16H12F3N3O6/c1-21-11(16(17,18)19)6-12(23)22(15(21)25)8-3-4-10-9(5-8)14(20-28-10)27-7-13(24)26-2/h3-6H,7H2,1-2H3. The normalized spacial score (nSPS) is 11.6. The molecule has 9 nitrogen and oxygen atoms in total. The lowest BCUT2D eigenvalue weighted by molar-refractivity contribution is -0.144. The van der Waals surface area contributed by atoms with E-state index in [0.717, 1.165) is 14.2 Å². The van der Waals surface area contributed by atoms with Crippen LogP contribution < -0.4 is 16.0 Å². The molecule has 0 spiro atoms. The van der Waals surface area contributed by atoms with E-state index in [9.17, 15) is 27.6 Å². The molecule has 12 heteroatoms. The Morgan fingerprint density at radius 3 is 2.61 bits per heavy atom. The number of nitrogens with zero attached hydrogens (tertiary/aromatic N) is 3. The summed E-state index contributed by atoms with van der Waals surface area (Å²) in [5, 5.41) is 3.82. The lowest BCUT2D eigenvalue weighted by Gasteiger charge is -2.13. The number of aromatic nitrogens is 3. The predicted molar refractivity (Wildman–Crippen MR) is 87.4 cm³/mol. The fourth-order valence-electron chi connectivity index (χ4n) is 2.47. The first kappa shape index (κ1) is 19.2. The maximum atomic E-state index is 13.0. The Morgan fingerprint density at radius 2 is 1.96 bits per heavy atom. The van der Waals surface area contributed by atoms with Crippen molar-refractivity contribution in [1.82, 2.24) is 14.3 Å². The van der Waals surface area contributed by atoms with Gasteiger partial charge in [0.15, 0.2) is 12.2 Å². The minimum Gasteiger partial charge on any atom is -0.466 e. The first-order valence-electron chi connectivity index (χ1n) is 7.63. The first-order valence-corrected chi connectivity index (χ1v) is 7.63. The van der Waals surface area contributed by atoms with Crippen molar-refractivity contribution in [1.29, 1.82) is 0 Å². The van der Waals surface area contributed by atoms with Crippen molar-refractivity contribution in [2.45, 2.75) is 6.18 Å². The average Bonchev–Trinajstić information content (AvgIpc) is 3.04. The Labute approximate surface area is 153 Å². The molecule has 3 rings (SSSR count). The highest BCUT2D eigenvalue weighted by Crippen LogP contribution is 2.28. The van der Waals surface area contributed by atoms with Crippen LogP contribution >= 0.6 is 0 Å². The SMILES string of the molecule is COC(=O)COc1noc2ccc(-n3c(=O)cc(C(F)(F)F)n(C)c3=O)cc12. The molecule has 0 bridgehead atoms. The Kier molecular flexibility index (Phi) is 4.71. The van der Waals surface area contributed by atoms with Crippen LogP contribution in [0.5, 0.6) is 5.88 Å². The highest BCUT2D eigenvalue weighted by molar-refractivity contribution is 5.84. The molecule has 0 atom stereocenters. The maximum absolute atomic E-state index is 13.0. The van der Waals surface area contributed by atoms with E-state index in [1.165, 1.54) is 18.2 Å². The third-order valence-electron chi connectivity index (χ3n) is 3.84. The number of halogens is 3. The molecule has 0 aliphatic rings. The van der Waals surface area contributed by atoms with Gasteiger partial charge in [0.25, 0.3) is 11.4 Å². The monoisotopic (exact) mass is 399 g/mol. The van der Waals surface area contributed by atoms with Gasteiger partial charge in [0.2, 0.25) is 0 Å². The van der Waals surface area contributed by atoms with Crippen LogP contribution in [-0.4, -0.2) is 34.0 Å². The molecule has 0 unspecified atom stereocenters. The molecule has 28 heavy (non-hydrogen) atoms. The number of fused-ring (bicyclic) bond motifs is 1. The summed E-state index contributed by atoms with van der Waals surface area (Å²) in [5.74, 6) is -0.792. The smallest absolute Gasteiger partial charge is 0.431 e. The zero-order valence-corrected chi connectivity index (χ0v) is 14.4. The highest BCUT2D eigenvalue weighted by atomic mass is 19.4. The van der Waals surface area contributed by atoms with Crippen LogP contribution in [0.25, 0.3) is 16.7 Å². The largest absolute Gasteiger partial charge is 0.466 e. The molecule has 0 N–H and O–H groups in total. The Balaban J connectivity index is 2.12. The zero-order chi connectivity index (χ0) is 20.6. The van der Waals surface area contributed by atoms with Gasteiger partial charge in [-0.25, -0.2) is 14.2 Å². The maximum Gasteiger partial charge on any atom is 0.431 e. The van der Waals surface area contributed by atoms with Crippen molar-refractivity contribution >= 4 is 16.9 Å². The summed E-state index contributed by atoms with van der Waals surface area (Å²) >= 11 is 0. The molecule has 1 aromatic carbocycles. The van der Waals surface area contributed by atoms with Crippen molar-refractivity contribution in [3.63, 3.8) is 0 Å². The summed E-state index contributed by atoms with van der Waals surface area (Å²) < 4.78 is 54.4. The highest BCUT2D eigenvalue weighted by Gasteiger charge is 2.35. The summed E-state index contributed by atoms with van der Waals surface area (Å²) in [4.78, 5) is 35.7. The number of benzene rings is 1. The van der Waals surface area contributed by atoms with E-state index in [0.29, 0.717) is 15.2 Å². The lowest BCUT2D eigenvalue weighted by atomic mass is 10.2. The van der Waals surface area contributed by atoms with Crippen LogP contribution in [-0.2, 0) is 22.8 Å². The number of alkyl halides is 3. The van der Waals surface area contributed by atoms with Gasteiger partial charge in [0.1, 0.15) is 5.69 Å². The zero-order valence-electron chi connectivity index (χ0n) is 14.4. The number of methoxy groups -OCH3 is 1. The number of rotatable bonds is 4. The van der Waals surface area contributed by atoms with Crippen LogP contribution in [0.15, 0.2) is 38.4 Å². The van der Waals surface area contributed by atoms with E-state index in [1.807, 2.05) is 0 Å². The quantitative estimate of drug-likeness (QED) is 0.608. The molecule has 2 aromatic heterocycles. The second-order valence-electron chi connectivity index (χ2n) is 5.58. The molecule has 0 aliphatic carbocycles. The van der Waals surface area contributed by atoms with Crippen LogP contribution in [0.4, 0.5) is 13.2 Å². The van der Waals surface area contributed by atoms with E-state index < -0.39 is 35.7 Å². The fourth-order valence-corrected chi connectivity index (χ4v) is 2.47. The van der Waals surface area contributed by atoms with Gasteiger partial charge in [0, 0.05) is 13.1 Å². The molecule has 0 aliphatic heterocycles. The van der Waals surface area contributed by atoms with Crippen LogP contribution in [0.3, 0.4) is 0 Å². The molecule has 0 saturated carbocycles. The van der Waals surface area contributed by atoms with Gasteiger partial charge in [-0.2, -0.15) is 13.2 Å². The van der Waals surface area contributed by atoms with Gasteiger partial charge in [-0.1, -0.05) is 0 Å². The second-order valence-corrected chi connectivity index (χ2v) is 5.58. The van der Waals surface area contributed by atoms with Gasteiger partial charge in [0.05, 0.1) is 18.2 Å². The number of hydrogen-bond donors (Lipinski definition) is 0. The van der Waals surface area contributed by atoms with Crippen molar-refractivity contribution in [2.75, 3.05) is 13.7 Å². The molecule has 3 aromatic rings. The van der Waals surface area contributed by atoms with Crippen molar-refractivity contribution in [3.8, 4) is 11.6 Å². The van der Waals surface area contributed by atoms with Crippen LogP contribution in [0.2, 0.25) is 0 Å². The predicted octanol–water partition coefficient (Wildman–Crippen LogP) is 1.25. The van der Waals surface area contributed by atoms with Gasteiger partial charge in [-0.05, 0) is 23.4 Å². The number of carbonyl (C=O) groups excluding carboxylic acids is 1. The molecule has 2 heterocycles. The summed E-state index contributed by atoms with van der Waals surface area (Å²) in [6, 6.07) is 4.25. The lowest BCUT2D eigenvalue weighted by Crippen LogP contribution is -2.40. The van der Waals surface area contributed by atoms with Gasteiger partial charge in [-0.15, -0.1) is 0 Å². The molecular formula is C16H12F3N3O6. The Bertz CT molecular complexity index is 1180. The summed E-state index contributed by atoms with van der Waals surface area (Å²) in [6.07, 6.45) is -4.86. The molecule has 0 radical (unpaired) electrons. The second kappa shape index (κ2) is 6.87. The Hall–Kier alpha value is -3.57. The average molecular weight is 399 g/mol. The summed E-state index contributed by atoms with van der Waals surface area (Å²) in [7, 11) is 2.07. The Morgan fingerprint density at radius 1 is 1.25 bits per heavy atom. The van der Waals surface area contributed by atoms with Gasteiger partial charge < -0.3 is 14.0 Å². The summed E-state index contributed by atoms with van der Waals surface area (Å²) in [6.45, 7) is -0.468. The molecule has 0 amide bonds. The number of ether oxygens (including phenoxy) is 2. The third-order valence-corrected chi connectivity index (χ3v) is 3.84. The van der Waals surface area contributed by atoms with Crippen molar-refractivity contribution in [2.24, 2.45) is 7.05 Å². The minimum atomic E-state index is -4.86. The van der Waals surface area contributed by atoms with E-state index in [4.69, 9.17) is 9.26 Å². The van der Waals surface area contributed by atoms with Crippen LogP contribution in [0.1, 0.15) is 5.69 Å². The fraction of sp³-hybridized carbons (Fsp3) is 0.250. The van der Waals surface area contributed by atoms with E-state index in [2.05, 4.69) is 9.89 Å². The van der Waals surface area contributed by atoms with E-state index in [1.54, 1.807) is 0 Å². The molecule has 148 valence electrons. The van der Waals surface area contributed by atoms with E-state index in [-0.39, 0.29) is 22.5 Å². The van der Waals surface area contributed by atoms with Gasteiger partial charge >= 0.3 is 17.8 Å². The van der Waals surface area contributed by atoms with E-state index >= 15 is 0 Å². The molecule has 0 saturated heterocycles. The minimum absolute atomic E-state index is 0.0297. The first-order chi connectivity index (χ1) is 13.1. The topological polar surface area (TPSA) is 106 Å². The number of carbonyl (C=O) groups is 1. The van der Waals surface area contributed by atoms with Crippen molar-refractivity contribution < 1.29 is 32.0 Å². The van der Waals surface area contributed by atoms with Crippen LogP contribution in [0, 0.1) is 0 Å². The molecule has 0 fully saturated rings. The van der Waals surface area contributed by atoms with Crippen molar-refractivity contribution in [3.05, 3.63) is 50.8 Å². The summed E-state index contributed by atoms with van der Waals surface area (Å²) in [5.41, 5.74) is -3.54. The third kappa shape index (κ3) is 3.35. The number of hydrogen-bond acceptors (Lipinski definition) is 7. The van der Waals surface area contributed by atoms with Gasteiger partial charge in [-0.3, -0.25) is 9.36 Å². The molecular weight excluding hydrogens is 387 g/mol. The number of esters is 1.